The highest BCUT2D eigenvalue weighted by atomic mass is 16.5. The van der Waals surface area contributed by atoms with Crippen molar-refractivity contribution in [1.29, 1.82) is 5.26 Å². The van der Waals surface area contributed by atoms with Gasteiger partial charge in [0.1, 0.15) is 17.5 Å². The third kappa shape index (κ3) is 3.77. The lowest BCUT2D eigenvalue weighted by atomic mass is 9.88. The number of aromatic nitrogens is 4. The number of hydrogen-bond acceptors (Lipinski definition) is 5. The van der Waals surface area contributed by atoms with Crippen molar-refractivity contribution < 1.29 is 4.74 Å². The highest BCUT2D eigenvalue weighted by Gasteiger charge is 2.24. The van der Waals surface area contributed by atoms with Crippen molar-refractivity contribution in [2.75, 3.05) is 20.1 Å². The van der Waals surface area contributed by atoms with Gasteiger partial charge < -0.3 is 9.64 Å². The molecule has 7 nitrogen and oxygen atoms in total. The molecule has 1 aliphatic heterocycles. The maximum absolute atomic E-state index is 9.21. The van der Waals surface area contributed by atoms with Crippen molar-refractivity contribution in [3.63, 3.8) is 0 Å². The van der Waals surface area contributed by atoms with Gasteiger partial charge in [-0.05, 0) is 61.7 Å². The molecule has 0 radical (unpaired) electrons. The summed E-state index contributed by atoms with van der Waals surface area (Å²) in [7, 11) is 2.15. The Morgan fingerprint density at radius 3 is 2.88 bits per heavy atom. The van der Waals surface area contributed by atoms with E-state index in [9.17, 15) is 5.26 Å². The summed E-state index contributed by atoms with van der Waals surface area (Å²) in [5.41, 5.74) is 5.09. The van der Waals surface area contributed by atoms with Crippen molar-refractivity contribution in [2.45, 2.75) is 31.9 Å². The zero-order valence-electron chi connectivity index (χ0n) is 18.7. The molecule has 4 aromatic rings. The van der Waals surface area contributed by atoms with Gasteiger partial charge in [-0.3, -0.25) is 4.68 Å². The molecule has 2 aromatic heterocycles. The van der Waals surface area contributed by atoms with Crippen LogP contribution < -0.4 is 4.74 Å². The lowest BCUT2D eigenvalue weighted by Crippen LogP contribution is -2.45. The van der Waals surface area contributed by atoms with E-state index in [0.29, 0.717) is 11.5 Å². The lowest BCUT2D eigenvalue weighted by Gasteiger charge is -2.35. The minimum atomic E-state index is -0.00123. The number of aryl methyl sites for hydroxylation is 1. The van der Waals surface area contributed by atoms with E-state index < -0.39 is 0 Å². The first kappa shape index (κ1) is 20.0. The molecule has 6 rings (SSSR count). The van der Waals surface area contributed by atoms with Crippen molar-refractivity contribution in [1.82, 2.24) is 24.5 Å². The molecule has 2 aliphatic rings. The Balaban J connectivity index is 1.25. The largest absolute Gasteiger partial charge is 0.486 e. The number of nitriles is 1. The fraction of sp³-hybridized carbons (Fsp3) is 0.346. The molecule has 1 atom stereocenters. The Hall–Kier alpha value is -3.63. The normalized spacial score (nSPS) is 18.6. The van der Waals surface area contributed by atoms with Crippen molar-refractivity contribution in [3.8, 4) is 17.5 Å². The zero-order chi connectivity index (χ0) is 22.4. The number of benzene rings is 2. The van der Waals surface area contributed by atoms with Crippen LogP contribution in [-0.4, -0.2) is 44.6 Å². The average molecular weight is 439 g/mol. The van der Waals surface area contributed by atoms with Gasteiger partial charge in [-0.15, -0.1) is 0 Å². The second kappa shape index (κ2) is 8.05. The van der Waals surface area contributed by atoms with Crippen LogP contribution in [0.3, 0.4) is 0 Å². The van der Waals surface area contributed by atoms with Gasteiger partial charge in [0.2, 0.25) is 0 Å². The first-order valence-corrected chi connectivity index (χ1v) is 11.5. The molecular formula is C26H26N6O. The maximum Gasteiger partial charge on any atom is 0.124 e. The van der Waals surface area contributed by atoms with E-state index in [2.05, 4.69) is 52.6 Å². The number of ether oxygens (including phenoxy) is 1. The summed E-state index contributed by atoms with van der Waals surface area (Å²) in [6.45, 7) is 3.19. The second-order valence-electron chi connectivity index (χ2n) is 9.31. The summed E-state index contributed by atoms with van der Waals surface area (Å²) < 4.78 is 10.4. The Labute approximate surface area is 192 Å². The molecule has 7 heteroatoms. The molecule has 0 N–H and O–H groups in total. The van der Waals surface area contributed by atoms with Gasteiger partial charge in [-0.2, -0.15) is 15.5 Å². The van der Waals surface area contributed by atoms with Gasteiger partial charge in [-0.1, -0.05) is 6.07 Å². The Morgan fingerprint density at radius 1 is 1.12 bits per heavy atom. The molecule has 0 saturated carbocycles. The average Bonchev–Trinajstić information content (AvgIpc) is 3.44. The van der Waals surface area contributed by atoms with E-state index >= 15 is 0 Å². The third-order valence-corrected chi connectivity index (χ3v) is 6.80. The molecule has 3 heterocycles. The van der Waals surface area contributed by atoms with Gasteiger partial charge in [0.15, 0.2) is 0 Å². The number of likely N-dealkylation sites (tertiary alicyclic amines) is 1. The fourth-order valence-electron chi connectivity index (χ4n) is 5.17. The van der Waals surface area contributed by atoms with Crippen LogP contribution in [0.25, 0.3) is 16.6 Å². The van der Waals surface area contributed by atoms with Gasteiger partial charge in [-0.25, -0.2) is 4.68 Å². The molecule has 0 amide bonds. The predicted molar refractivity (Wildman–Crippen MR) is 125 cm³/mol. The van der Waals surface area contributed by atoms with Crippen LogP contribution in [0.5, 0.6) is 5.75 Å². The molecule has 1 aliphatic carbocycles. The molecule has 2 aromatic carbocycles. The first-order chi connectivity index (χ1) is 16.2. The van der Waals surface area contributed by atoms with Crippen LogP contribution in [0.1, 0.15) is 35.6 Å². The first-order valence-electron chi connectivity index (χ1n) is 11.5. The number of fused-ring (bicyclic) bond motifs is 2. The lowest BCUT2D eigenvalue weighted by molar-refractivity contribution is 0.116. The van der Waals surface area contributed by atoms with Crippen molar-refractivity contribution >= 4 is 10.9 Å². The Morgan fingerprint density at radius 2 is 2.03 bits per heavy atom. The van der Waals surface area contributed by atoms with Crippen LogP contribution in [0.2, 0.25) is 0 Å². The highest BCUT2D eigenvalue weighted by Crippen LogP contribution is 2.35. The SMILES string of the molecule is CN1CC(Cn2cc(-n3ncc4ccc(OC5CCCc6cc(C#N)ccc65)cc43)cn2)C1. The Kier molecular flexibility index (Phi) is 4.88. The number of hydrogen-bond donors (Lipinski definition) is 0. The summed E-state index contributed by atoms with van der Waals surface area (Å²) >= 11 is 0. The van der Waals surface area contributed by atoms with Crippen LogP contribution in [0, 0.1) is 17.2 Å². The van der Waals surface area contributed by atoms with E-state index in [-0.39, 0.29) is 6.10 Å². The molecule has 1 saturated heterocycles. The van der Waals surface area contributed by atoms with E-state index in [1.165, 1.54) is 11.1 Å². The standard InChI is InChI=1S/C26H26N6O/c1-30-14-19(15-30)16-31-17-22(13-28-31)32-25-10-23(7-6-21(25)12-29-32)33-26-4-2-3-20-9-18(11-27)5-8-24(20)26/h5-10,12-13,17,19,26H,2-4,14-16H2,1H3. The van der Waals surface area contributed by atoms with E-state index in [1.807, 2.05) is 40.0 Å². The molecule has 1 unspecified atom stereocenters. The highest BCUT2D eigenvalue weighted by molar-refractivity contribution is 5.81. The fourth-order valence-corrected chi connectivity index (χ4v) is 5.17. The third-order valence-electron chi connectivity index (χ3n) is 6.80. The minimum absolute atomic E-state index is 0.00123. The van der Waals surface area contributed by atoms with Gasteiger partial charge in [0.25, 0.3) is 0 Å². The smallest absolute Gasteiger partial charge is 0.124 e. The molecular weight excluding hydrogens is 412 g/mol. The summed E-state index contributed by atoms with van der Waals surface area (Å²) in [4.78, 5) is 2.32. The van der Waals surface area contributed by atoms with Gasteiger partial charge in [0.05, 0.1) is 35.7 Å². The summed E-state index contributed by atoms with van der Waals surface area (Å²) in [5.74, 6) is 1.50. The van der Waals surface area contributed by atoms with E-state index in [1.54, 1.807) is 0 Å². The minimum Gasteiger partial charge on any atom is -0.486 e. The molecule has 166 valence electrons. The van der Waals surface area contributed by atoms with Gasteiger partial charge >= 0.3 is 0 Å². The zero-order valence-corrected chi connectivity index (χ0v) is 18.7. The molecule has 1 fully saturated rings. The van der Waals surface area contributed by atoms with Crippen molar-refractivity contribution in [3.05, 3.63) is 71.7 Å². The molecule has 0 spiro atoms. The quantitative estimate of drug-likeness (QED) is 0.469. The van der Waals surface area contributed by atoms with Crippen LogP contribution >= 0.6 is 0 Å². The molecule has 0 bridgehead atoms. The van der Waals surface area contributed by atoms with Crippen LogP contribution in [0.4, 0.5) is 0 Å². The van der Waals surface area contributed by atoms with Crippen molar-refractivity contribution in [2.24, 2.45) is 5.92 Å². The Bertz CT molecular complexity index is 1360. The van der Waals surface area contributed by atoms with Crippen LogP contribution in [-0.2, 0) is 13.0 Å². The predicted octanol–water partition coefficient (Wildman–Crippen LogP) is 4.11. The van der Waals surface area contributed by atoms with E-state index in [4.69, 9.17) is 4.74 Å². The molecule has 33 heavy (non-hydrogen) atoms. The van der Waals surface area contributed by atoms with E-state index in [0.717, 1.165) is 61.2 Å². The number of nitrogens with zero attached hydrogens (tertiary/aromatic N) is 6. The number of rotatable bonds is 5. The second-order valence-corrected chi connectivity index (χ2v) is 9.31. The topological polar surface area (TPSA) is 71.9 Å². The van der Waals surface area contributed by atoms with Crippen LogP contribution in [0.15, 0.2) is 55.0 Å². The maximum atomic E-state index is 9.21. The summed E-state index contributed by atoms with van der Waals surface area (Å²) in [6, 6.07) is 14.3. The monoisotopic (exact) mass is 438 g/mol. The summed E-state index contributed by atoms with van der Waals surface area (Å²) in [6.07, 6.45) is 8.87. The summed E-state index contributed by atoms with van der Waals surface area (Å²) in [5, 5.41) is 19.5. The van der Waals surface area contributed by atoms with Gasteiger partial charge in [0, 0.05) is 37.0 Å².